The van der Waals surface area contributed by atoms with Gasteiger partial charge in [-0.05, 0) is 18.1 Å². The van der Waals surface area contributed by atoms with Gasteiger partial charge in [0.15, 0.2) is 0 Å². The lowest BCUT2D eigenvalue weighted by Crippen LogP contribution is -2.33. The highest BCUT2D eigenvalue weighted by molar-refractivity contribution is 7.89. The molecule has 0 fully saturated rings. The Bertz CT molecular complexity index is 666. The molecule has 0 aliphatic heterocycles. The van der Waals surface area contributed by atoms with Crippen molar-refractivity contribution in [2.45, 2.75) is 24.8 Å². The molecule has 2 aromatic rings. The fourth-order valence-corrected chi connectivity index (χ4v) is 3.12. The van der Waals surface area contributed by atoms with Crippen LogP contribution in [0.3, 0.4) is 0 Å². The lowest BCUT2D eigenvalue weighted by molar-refractivity contribution is 0.429. The average Bonchev–Trinajstić information content (AvgIpc) is 2.83. The Kier molecular flexibility index (Phi) is 4.15. The van der Waals surface area contributed by atoms with Crippen molar-refractivity contribution in [2.75, 3.05) is 0 Å². The molecule has 0 saturated heterocycles. The summed E-state index contributed by atoms with van der Waals surface area (Å²) < 4.78 is 28.9. The Labute approximate surface area is 118 Å². The molecule has 7 nitrogen and oxygen atoms in total. The van der Waals surface area contributed by atoms with Gasteiger partial charge in [0, 0.05) is 19.4 Å². The van der Waals surface area contributed by atoms with Crippen LogP contribution in [0.2, 0.25) is 0 Å². The molecule has 2 rings (SSSR count). The molecule has 0 bridgehead atoms. The van der Waals surface area contributed by atoms with Gasteiger partial charge in [0.1, 0.15) is 17.0 Å². The van der Waals surface area contributed by atoms with Gasteiger partial charge in [-0.15, -0.1) is 0 Å². The number of sulfonamides is 1. The van der Waals surface area contributed by atoms with E-state index in [1.165, 1.54) is 24.8 Å². The second-order valence-corrected chi connectivity index (χ2v) is 6.49. The second-order valence-electron chi connectivity index (χ2n) is 4.77. The van der Waals surface area contributed by atoms with Gasteiger partial charge >= 0.3 is 0 Å². The Morgan fingerprint density at radius 2 is 2.10 bits per heavy atom. The van der Waals surface area contributed by atoms with Gasteiger partial charge in [-0.2, -0.15) is 5.10 Å². The zero-order valence-electron chi connectivity index (χ0n) is 11.6. The molecule has 2 heterocycles. The smallest absolute Gasteiger partial charge is 0.242 e. The van der Waals surface area contributed by atoms with Gasteiger partial charge < -0.3 is 0 Å². The van der Waals surface area contributed by atoms with Gasteiger partial charge in [-0.3, -0.25) is 9.67 Å². The molecule has 20 heavy (non-hydrogen) atoms. The summed E-state index contributed by atoms with van der Waals surface area (Å²) in [6, 6.07) is 2.64. The summed E-state index contributed by atoms with van der Waals surface area (Å²) in [6.07, 6.45) is 4.25. The van der Waals surface area contributed by atoms with E-state index in [2.05, 4.69) is 19.8 Å². The minimum absolute atomic E-state index is 0.0318. The Morgan fingerprint density at radius 3 is 2.60 bits per heavy atom. The summed E-state index contributed by atoms with van der Waals surface area (Å²) in [7, 11) is -1.91. The van der Waals surface area contributed by atoms with Crippen molar-refractivity contribution >= 4 is 10.0 Å². The number of rotatable bonds is 5. The number of hydrogen-bond acceptors (Lipinski definition) is 5. The predicted octanol–water partition coefficient (Wildman–Crippen LogP) is 0.886. The van der Waals surface area contributed by atoms with E-state index in [0.717, 1.165) is 0 Å². The van der Waals surface area contributed by atoms with Crippen LogP contribution in [0, 0.1) is 5.92 Å². The average molecular weight is 295 g/mol. The highest BCUT2D eigenvalue weighted by Crippen LogP contribution is 2.21. The number of nitrogens with zero attached hydrogens (tertiary/aromatic N) is 4. The standard InChI is InChI=1S/C12H17N5O2S/c1-9(2)11(12-14-8-15-17(12)3)16-20(18,19)10-5-4-6-13-7-10/h4-9,11,16H,1-3H3/t11-/m0/s1. The number of aromatic nitrogens is 4. The zero-order valence-corrected chi connectivity index (χ0v) is 12.4. The molecule has 0 aliphatic rings. The van der Waals surface area contributed by atoms with Crippen LogP contribution < -0.4 is 4.72 Å². The van der Waals surface area contributed by atoms with E-state index in [0.29, 0.717) is 5.82 Å². The summed E-state index contributed by atoms with van der Waals surface area (Å²) >= 11 is 0. The van der Waals surface area contributed by atoms with E-state index >= 15 is 0 Å². The van der Waals surface area contributed by atoms with E-state index in [1.807, 2.05) is 13.8 Å². The van der Waals surface area contributed by atoms with Gasteiger partial charge in [0.05, 0.1) is 6.04 Å². The molecule has 8 heteroatoms. The first kappa shape index (κ1) is 14.6. The molecule has 0 unspecified atom stereocenters. The third kappa shape index (κ3) is 3.02. The number of aryl methyl sites for hydroxylation is 1. The van der Waals surface area contributed by atoms with Crippen LogP contribution in [0.15, 0.2) is 35.7 Å². The Morgan fingerprint density at radius 1 is 1.35 bits per heavy atom. The van der Waals surface area contributed by atoms with E-state index in [9.17, 15) is 8.42 Å². The van der Waals surface area contributed by atoms with Crippen molar-refractivity contribution < 1.29 is 8.42 Å². The van der Waals surface area contributed by atoms with Crippen molar-refractivity contribution in [1.82, 2.24) is 24.5 Å². The van der Waals surface area contributed by atoms with E-state index in [1.54, 1.807) is 17.8 Å². The summed E-state index contributed by atoms with van der Waals surface area (Å²) in [5.41, 5.74) is 0. The summed E-state index contributed by atoms with van der Waals surface area (Å²) in [5.74, 6) is 0.608. The van der Waals surface area contributed by atoms with Crippen LogP contribution in [0.4, 0.5) is 0 Å². The van der Waals surface area contributed by atoms with Gasteiger partial charge in [-0.25, -0.2) is 18.1 Å². The van der Waals surface area contributed by atoms with Gasteiger partial charge in [0.2, 0.25) is 10.0 Å². The monoisotopic (exact) mass is 295 g/mol. The first-order valence-electron chi connectivity index (χ1n) is 6.18. The number of nitrogens with one attached hydrogen (secondary N) is 1. The van der Waals surface area contributed by atoms with Crippen molar-refractivity contribution in [3.63, 3.8) is 0 Å². The van der Waals surface area contributed by atoms with Crippen LogP contribution in [0.5, 0.6) is 0 Å². The molecule has 0 saturated carbocycles. The molecular formula is C12H17N5O2S. The maximum Gasteiger partial charge on any atom is 0.242 e. The SMILES string of the molecule is CC(C)[C@H](NS(=O)(=O)c1cccnc1)c1ncnn1C. The van der Waals surface area contributed by atoms with Gasteiger partial charge in [-0.1, -0.05) is 13.8 Å². The zero-order chi connectivity index (χ0) is 14.8. The topological polar surface area (TPSA) is 89.8 Å². The summed E-state index contributed by atoms with van der Waals surface area (Å²) in [5, 5.41) is 3.98. The third-order valence-electron chi connectivity index (χ3n) is 2.92. The number of pyridine rings is 1. The Balaban J connectivity index is 2.32. The van der Waals surface area contributed by atoms with Crippen molar-refractivity contribution in [2.24, 2.45) is 13.0 Å². The first-order chi connectivity index (χ1) is 9.42. The molecule has 0 aromatic carbocycles. The first-order valence-corrected chi connectivity index (χ1v) is 7.66. The quantitative estimate of drug-likeness (QED) is 0.884. The largest absolute Gasteiger partial charge is 0.263 e. The molecule has 1 N–H and O–H groups in total. The van der Waals surface area contributed by atoms with Crippen LogP contribution in [0.1, 0.15) is 25.7 Å². The maximum atomic E-state index is 12.3. The Hall–Kier alpha value is -1.80. The molecule has 1 atom stereocenters. The fourth-order valence-electron chi connectivity index (χ4n) is 1.81. The van der Waals surface area contributed by atoms with Crippen LogP contribution in [-0.4, -0.2) is 28.2 Å². The summed E-state index contributed by atoms with van der Waals surface area (Å²) in [4.78, 5) is 8.09. The van der Waals surface area contributed by atoms with E-state index < -0.39 is 16.1 Å². The predicted molar refractivity (Wildman–Crippen MR) is 73.1 cm³/mol. The van der Waals surface area contributed by atoms with Crippen molar-refractivity contribution in [3.8, 4) is 0 Å². The molecule has 108 valence electrons. The van der Waals surface area contributed by atoms with Gasteiger partial charge in [0.25, 0.3) is 0 Å². The normalized spacial score (nSPS) is 13.6. The minimum atomic E-state index is -3.64. The summed E-state index contributed by atoms with van der Waals surface area (Å²) in [6.45, 7) is 3.84. The molecule has 0 aliphatic carbocycles. The second kappa shape index (κ2) is 5.68. The van der Waals surface area contributed by atoms with E-state index in [-0.39, 0.29) is 10.8 Å². The molecular weight excluding hydrogens is 278 g/mol. The van der Waals surface area contributed by atoms with E-state index in [4.69, 9.17) is 0 Å². The molecule has 0 amide bonds. The fraction of sp³-hybridized carbons (Fsp3) is 0.417. The number of hydrogen-bond donors (Lipinski definition) is 1. The van der Waals surface area contributed by atoms with Crippen LogP contribution in [-0.2, 0) is 17.1 Å². The maximum absolute atomic E-state index is 12.3. The van der Waals surface area contributed by atoms with Crippen molar-refractivity contribution in [3.05, 3.63) is 36.7 Å². The molecule has 2 aromatic heterocycles. The van der Waals surface area contributed by atoms with Crippen LogP contribution >= 0.6 is 0 Å². The van der Waals surface area contributed by atoms with Crippen LogP contribution in [0.25, 0.3) is 0 Å². The minimum Gasteiger partial charge on any atom is -0.263 e. The lowest BCUT2D eigenvalue weighted by Gasteiger charge is -2.21. The molecule has 0 radical (unpaired) electrons. The molecule has 0 spiro atoms. The lowest BCUT2D eigenvalue weighted by atomic mass is 10.1. The van der Waals surface area contributed by atoms with Crippen molar-refractivity contribution in [1.29, 1.82) is 0 Å². The third-order valence-corrected chi connectivity index (χ3v) is 4.34. The highest BCUT2D eigenvalue weighted by Gasteiger charge is 2.27. The highest BCUT2D eigenvalue weighted by atomic mass is 32.2.